The van der Waals surface area contributed by atoms with E-state index in [0.717, 1.165) is 15.7 Å². The van der Waals surface area contributed by atoms with Crippen LogP contribution in [0.5, 0.6) is 0 Å². The van der Waals surface area contributed by atoms with Crippen LogP contribution < -0.4 is 0 Å². The molecule has 92 valence electrons. The van der Waals surface area contributed by atoms with Crippen LogP contribution in [0.4, 0.5) is 0 Å². The van der Waals surface area contributed by atoms with Gasteiger partial charge in [0.1, 0.15) is 5.03 Å². The highest BCUT2D eigenvalue weighted by Crippen LogP contribution is 2.35. The SMILES string of the molecule is OCc1c(SC2CCCCC2)nc2sccn12. The summed E-state index contributed by atoms with van der Waals surface area (Å²) < 4.78 is 2.01. The van der Waals surface area contributed by atoms with E-state index >= 15 is 0 Å². The Morgan fingerprint density at radius 2 is 2.24 bits per heavy atom. The number of hydrogen-bond acceptors (Lipinski definition) is 4. The second kappa shape index (κ2) is 5.00. The molecule has 2 heterocycles. The van der Waals surface area contributed by atoms with E-state index in [4.69, 9.17) is 0 Å². The number of imidazole rings is 1. The van der Waals surface area contributed by atoms with Crippen molar-refractivity contribution in [3.8, 4) is 0 Å². The number of thioether (sulfide) groups is 1. The number of hydrogen-bond donors (Lipinski definition) is 1. The molecule has 1 aliphatic rings. The largest absolute Gasteiger partial charge is 0.390 e. The Morgan fingerprint density at radius 3 is 3.00 bits per heavy atom. The molecule has 0 atom stereocenters. The number of aromatic nitrogens is 2. The quantitative estimate of drug-likeness (QED) is 0.928. The molecule has 0 saturated heterocycles. The topological polar surface area (TPSA) is 37.5 Å². The Hall–Kier alpha value is -0.520. The van der Waals surface area contributed by atoms with Crippen molar-refractivity contribution < 1.29 is 5.11 Å². The summed E-state index contributed by atoms with van der Waals surface area (Å²) in [5, 5.41) is 13.2. The first-order valence-corrected chi connectivity index (χ1v) is 7.86. The molecule has 17 heavy (non-hydrogen) atoms. The molecule has 0 bridgehead atoms. The number of fused-ring (bicyclic) bond motifs is 1. The van der Waals surface area contributed by atoms with Crippen molar-refractivity contribution in [2.45, 2.75) is 49.0 Å². The molecule has 1 aliphatic carbocycles. The third-order valence-electron chi connectivity index (χ3n) is 3.30. The summed E-state index contributed by atoms with van der Waals surface area (Å²) in [6.45, 7) is 0.0763. The van der Waals surface area contributed by atoms with Crippen LogP contribution in [-0.2, 0) is 6.61 Å². The fourth-order valence-corrected chi connectivity index (χ4v) is 4.51. The Balaban J connectivity index is 1.85. The fourth-order valence-electron chi connectivity index (χ4n) is 2.39. The van der Waals surface area contributed by atoms with Gasteiger partial charge in [-0.3, -0.25) is 4.40 Å². The molecule has 5 heteroatoms. The average molecular weight is 268 g/mol. The summed E-state index contributed by atoms with van der Waals surface area (Å²) in [6.07, 6.45) is 8.63. The predicted molar refractivity (Wildman–Crippen MR) is 71.7 cm³/mol. The first kappa shape index (κ1) is 11.6. The molecule has 2 aromatic heterocycles. The zero-order valence-electron chi connectivity index (χ0n) is 9.63. The zero-order chi connectivity index (χ0) is 11.7. The van der Waals surface area contributed by atoms with Gasteiger partial charge in [-0.05, 0) is 12.8 Å². The van der Waals surface area contributed by atoms with Gasteiger partial charge < -0.3 is 5.11 Å². The lowest BCUT2D eigenvalue weighted by Crippen LogP contribution is -2.08. The summed E-state index contributed by atoms with van der Waals surface area (Å²) in [4.78, 5) is 5.61. The van der Waals surface area contributed by atoms with E-state index in [2.05, 4.69) is 4.98 Å². The Labute approximate surface area is 109 Å². The summed E-state index contributed by atoms with van der Waals surface area (Å²) in [5.41, 5.74) is 0.955. The first-order valence-electron chi connectivity index (χ1n) is 6.10. The molecule has 1 N–H and O–H groups in total. The number of nitrogens with zero attached hydrogens (tertiary/aromatic N) is 2. The van der Waals surface area contributed by atoms with E-state index in [0.29, 0.717) is 5.25 Å². The molecule has 0 amide bonds. The van der Waals surface area contributed by atoms with E-state index < -0.39 is 0 Å². The number of aliphatic hydroxyl groups excluding tert-OH is 1. The standard InChI is InChI=1S/C12H16N2OS2/c15-8-10-11(13-12-14(10)6-7-16-12)17-9-4-2-1-3-5-9/h6-7,9,15H,1-5,8H2. The van der Waals surface area contributed by atoms with Crippen LogP contribution in [-0.4, -0.2) is 19.7 Å². The highest BCUT2D eigenvalue weighted by molar-refractivity contribution is 7.99. The van der Waals surface area contributed by atoms with Gasteiger partial charge in [0.15, 0.2) is 4.96 Å². The van der Waals surface area contributed by atoms with Gasteiger partial charge in [0, 0.05) is 16.8 Å². The minimum Gasteiger partial charge on any atom is -0.390 e. The van der Waals surface area contributed by atoms with E-state index in [-0.39, 0.29) is 6.61 Å². The van der Waals surface area contributed by atoms with E-state index in [1.54, 1.807) is 11.3 Å². The maximum Gasteiger partial charge on any atom is 0.195 e. The summed E-state index contributed by atoms with van der Waals surface area (Å²) in [6, 6.07) is 0. The van der Waals surface area contributed by atoms with Crippen LogP contribution in [0.2, 0.25) is 0 Å². The maximum absolute atomic E-state index is 9.48. The van der Waals surface area contributed by atoms with Crippen molar-refractivity contribution in [3.05, 3.63) is 17.3 Å². The molecular weight excluding hydrogens is 252 g/mol. The molecule has 0 unspecified atom stereocenters. The van der Waals surface area contributed by atoms with Gasteiger partial charge in [0.05, 0.1) is 12.3 Å². The number of thiazole rings is 1. The Bertz CT molecular complexity index is 500. The van der Waals surface area contributed by atoms with E-state index in [1.807, 2.05) is 27.7 Å². The van der Waals surface area contributed by atoms with E-state index in [1.165, 1.54) is 32.1 Å². The van der Waals surface area contributed by atoms with Crippen molar-refractivity contribution in [2.75, 3.05) is 0 Å². The monoisotopic (exact) mass is 268 g/mol. The molecule has 0 aromatic carbocycles. The normalized spacial score (nSPS) is 17.9. The van der Waals surface area contributed by atoms with Crippen molar-refractivity contribution in [2.24, 2.45) is 0 Å². The first-order chi connectivity index (χ1) is 8.38. The van der Waals surface area contributed by atoms with Crippen LogP contribution in [0.1, 0.15) is 37.8 Å². The summed E-state index contributed by atoms with van der Waals surface area (Å²) in [7, 11) is 0. The molecule has 1 saturated carbocycles. The molecule has 2 aromatic rings. The highest BCUT2D eigenvalue weighted by Gasteiger charge is 2.19. The van der Waals surface area contributed by atoms with Crippen LogP contribution in [0, 0.1) is 0 Å². The third kappa shape index (κ3) is 2.23. The van der Waals surface area contributed by atoms with Crippen LogP contribution in [0.25, 0.3) is 4.96 Å². The molecule has 3 nitrogen and oxygen atoms in total. The fraction of sp³-hybridized carbons (Fsp3) is 0.583. The van der Waals surface area contributed by atoms with Gasteiger partial charge in [-0.2, -0.15) is 0 Å². The van der Waals surface area contributed by atoms with Crippen LogP contribution in [0.3, 0.4) is 0 Å². The smallest absolute Gasteiger partial charge is 0.195 e. The highest BCUT2D eigenvalue weighted by atomic mass is 32.2. The lowest BCUT2D eigenvalue weighted by molar-refractivity contribution is 0.272. The van der Waals surface area contributed by atoms with Crippen molar-refractivity contribution >= 4 is 28.1 Å². The third-order valence-corrected chi connectivity index (χ3v) is 5.42. The Kier molecular flexibility index (Phi) is 3.40. The number of aliphatic hydroxyl groups is 1. The lowest BCUT2D eigenvalue weighted by atomic mass is 10.0. The molecular formula is C12H16N2OS2. The van der Waals surface area contributed by atoms with E-state index in [9.17, 15) is 5.11 Å². The Morgan fingerprint density at radius 1 is 1.41 bits per heavy atom. The van der Waals surface area contributed by atoms with Gasteiger partial charge >= 0.3 is 0 Å². The second-order valence-corrected chi connectivity index (χ2v) is 6.62. The average Bonchev–Trinajstić information content (AvgIpc) is 2.90. The minimum atomic E-state index is 0.0763. The van der Waals surface area contributed by atoms with Gasteiger partial charge in [-0.25, -0.2) is 4.98 Å². The minimum absolute atomic E-state index is 0.0763. The van der Waals surface area contributed by atoms with Crippen molar-refractivity contribution in [1.82, 2.24) is 9.38 Å². The summed E-state index contributed by atoms with van der Waals surface area (Å²) >= 11 is 3.49. The van der Waals surface area contributed by atoms with Gasteiger partial charge in [-0.15, -0.1) is 23.1 Å². The second-order valence-electron chi connectivity index (χ2n) is 4.46. The van der Waals surface area contributed by atoms with Gasteiger partial charge in [-0.1, -0.05) is 19.3 Å². The van der Waals surface area contributed by atoms with Crippen LogP contribution in [0.15, 0.2) is 16.6 Å². The summed E-state index contributed by atoms with van der Waals surface area (Å²) in [5.74, 6) is 0. The predicted octanol–water partition coefficient (Wildman–Crippen LogP) is 3.31. The van der Waals surface area contributed by atoms with Crippen molar-refractivity contribution in [3.63, 3.8) is 0 Å². The molecule has 0 spiro atoms. The molecule has 0 aliphatic heterocycles. The van der Waals surface area contributed by atoms with Gasteiger partial charge in [0.25, 0.3) is 0 Å². The van der Waals surface area contributed by atoms with Crippen molar-refractivity contribution in [1.29, 1.82) is 0 Å². The van der Waals surface area contributed by atoms with Gasteiger partial charge in [0.2, 0.25) is 0 Å². The van der Waals surface area contributed by atoms with Crippen LogP contribution >= 0.6 is 23.1 Å². The maximum atomic E-state index is 9.48. The number of rotatable bonds is 3. The lowest BCUT2D eigenvalue weighted by Gasteiger charge is -2.20. The molecule has 1 fully saturated rings. The molecule has 0 radical (unpaired) electrons. The zero-order valence-corrected chi connectivity index (χ0v) is 11.3. The molecule has 3 rings (SSSR count).